The van der Waals surface area contributed by atoms with Crippen LogP contribution in [0.3, 0.4) is 0 Å². The fraction of sp³-hybridized carbons (Fsp3) is 0.158. The Morgan fingerprint density at radius 2 is 1.52 bits per heavy atom. The van der Waals surface area contributed by atoms with E-state index in [1.54, 1.807) is 0 Å². The zero-order chi connectivity index (χ0) is 16.4. The Morgan fingerprint density at radius 3 is 2.17 bits per heavy atom. The molecule has 23 heavy (non-hydrogen) atoms. The van der Waals surface area contributed by atoms with Gasteiger partial charge in [0.25, 0.3) is 0 Å². The normalized spacial score (nSPS) is 16.0. The highest BCUT2D eigenvalue weighted by Gasteiger charge is 2.41. The molecule has 1 aliphatic rings. The molecule has 1 unspecified atom stereocenters. The number of aliphatic carboxylic acids is 2. The minimum Gasteiger partial charge on any atom is -0.481 e. The highest BCUT2D eigenvalue weighted by Crippen LogP contribution is 2.42. The first-order chi connectivity index (χ1) is 11.1. The number of hydrogen-bond acceptors (Lipinski definition) is 2. The van der Waals surface area contributed by atoms with Crippen LogP contribution in [0, 0.1) is 5.92 Å². The molecule has 0 amide bonds. The molecule has 116 valence electrons. The van der Waals surface area contributed by atoms with E-state index in [0.717, 1.165) is 22.3 Å². The fourth-order valence-electron chi connectivity index (χ4n) is 3.19. The standard InChI is InChI=1S/C19H16O4/c20-18(21)17(19(22)23)16-14(10-12-6-2-1-3-7-12)11-13-8-4-5-9-15(13)16/h1-9,11,16-17H,10H2,(H,20,21)(H,22,23). The minimum absolute atomic E-state index is 0.539. The van der Waals surface area contributed by atoms with Gasteiger partial charge in [-0.05, 0) is 23.1 Å². The van der Waals surface area contributed by atoms with Crippen LogP contribution in [0.25, 0.3) is 6.08 Å². The molecule has 0 saturated heterocycles. The Kier molecular flexibility index (Phi) is 3.98. The number of allylic oxidation sites excluding steroid dienone is 1. The zero-order valence-electron chi connectivity index (χ0n) is 12.3. The second kappa shape index (κ2) is 6.08. The first-order valence-corrected chi connectivity index (χ1v) is 7.37. The Hall–Kier alpha value is -2.88. The quantitative estimate of drug-likeness (QED) is 0.832. The number of benzene rings is 2. The van der Waals surface area contributed by atoms with Crippen molar-refractivity contribution in [2.75, 3.05) is 0 Å². The monoisotopic (exact) mass is 308 g/mol. The van der Waals surface area contributed by atoms with Crippen LogP contribution in [0.5, 0.6) is 0 Å². The third kappa shape index (κ3) is 2.88. The van der Waals surface area contributed by atoms with Crippen LogP contribution in [-0.4, -0.2) is 22.2 Å². The van der Waals surface area contributed by atoms with Gasteiger partial charge >= 0.3 is 11.9 Å². The van der Waals surface area contributed by atoms with Crippen molar-refractivity contribution in [1.29, 1.82) is 0 Å². The van der Waals surface area contributed by atoms with E-state index in [0.29, 0.717) is 6.42 Å². The second-order valence-corrected chi connectivity index (χ2v) is 5.64. The molecule has 4 nitrogen and oxygen atoms in total. The Morgan fingerprint density at radius 1 is 0.913 bits per heavy atom. The van der Waals surface area contributed by atoms with Crippen LogP contribution < -0.4 is 0 Å². The summed E-state index contributed by atoms with van der Waals surface area (Å²) in [5, 5.41) is 18.8. The largest absolute Gasteiger partial charge is 0.481 e. The number of carbonyl (C=O) groups is 2. The molecule has 2 aromatic carbocycles. The van der Waals surface area contributed by atoms with Crippen LogP contribution >= 0.6 is 0 Å². The first-order valence-electron chi connectivity index (χ1n) is 7.37. The van der Waals surface area contributed by atoms with Gasteiger partial charge in [-0.25, -0.2) is 0 Å². The molecule has 0 fully saturated rings. The van der Waals surface area contributed by atoms with Crippen LogP contribution in [0.2, 0.25) is 0 Å². The topological polar surface area (TPSA) is 74.6 Å². The van der Waals surface area contributed by atoms with E-state index in [9.17, 15) is 19.8 Å². The molecular formula is C19H16O4. The number of carboxylic acids is 2. The molecule has 0 bridgehead atoms. The van der Waals surface area contributed by atoms with Crippen molar-refractivity contribution in [3.8, 4) is 0 Å². The molecule has 0 radical (unpaired) electrons. The lowest BCUT2D eigenvalue weighted by molar-refractivity contribution is -0.155. The lowest BCUT2D eigenvalue weighted by Gasteiger charge is -2.21. The van der Waals surface area contributed by atoms with Gasteiger partial charge in [0, 0.05) is 5.92 Å². The Balaban J connectivity index is 2.03. The van der Waals surface area contributed by atoms with Crippen molar-refractivity contribution in [2.45, 2.75) is 12.3 Å². The lowest BCUT2D eigenvalue weighted by Crippen LogP contribution is -2.30. The van der Waals surface area contributed by atoms with Gasteiger partial charge in [-0.15, -0.1) is 0 Å². The van der Waals surface area contributed by atoms with Crippen LogP contribution in [0.15, 0.2) is 60.2 Å². The average Bonchev–Trinajstić information content (AvgIpc) is 2.86. The summed E-state index contributed by atoms with van der Waals surface area (Å²) in [7, 11) is 0. The fourth-order valence-corrected chi connectivity index (χ4v) is 3.19. The van der Waals surface area contributed by atoms with Crippen LogP contribution in [0.1, 0.15) is 22.6 Å². The van der Waals surface area contributed by atoms with Gasteiger partial charge in [-0.3, -0.25) is 9.59 Å². The molecule has 0 saturated carbocycles. The van der Waals surface area contributed by atoms with Gasteiger partial charge in [0.1, 0.15) is 0 Å². The van der Waals surface area contributed by atoms with Crippen LogP contribution in [-0.2, 0) is 16.0 Å². The van der Waals surface area contributed by atoms with Gasteiger partial charge in [-0.2, -0.15) is 0 Å². The van der Waals surface area contributed by atoms with Crippen LogP contribution in [0.4, 0.5) is 0 Å². The predicted octanol–water partition coefficient (Wildman–Crippen LogP) is 3.20. The molecule has 0 aromatic heterocycles. The molecule has 0 aliphatic heterocycles. The minimum atomic E-state index is -1.48. The molecule has 0 spiro atoms. The lowest BCUT2D eigenvalue weighted by atomic mass is 9.81. The van der Waals surface area contributed by atoms with E-state index in [4.69, 9.17) is 0 Å². The van der Waals surface area contributed by atoms with E-state index in [1.807, 2.05) is 60.7 Å². The average molecular weight is 308 g/mol. The molecular weight excluding hydrogens is 292 g/mol. The summed E-state index contributed by atoms with van der Waals surface area (Å²) in [6, 6.07) is 17.0. The van der Waals surface area contributed by atoms with E-state index in [1.165, 1.54) is 0 Å². The first kappa shape index (κ1) is 15.0. The zero-order valence-corrected chi connectivity index (χ0v) is 12.3. The van der Waals surface area contributed by atoms with Gasteiger partial charge in [0.15, 0.2) is 5.92 Å². The van der Waals surface area contributed by atoms with E-state index >= 15 is 0 Å². The third-order valence-corrected chi connectivity index (χ3v) is 4.19. The summed E-state index contributed by atoms with van der Waals surface area (Å²) in [4.78, 5) is 23.1. The smallest absolute Gasteiger partial charge is 0.318 e. The number of hydrogen-bond donors (Lipinski definition) is 2. The summed E-state index contributed by atoms with van der Waals surface area (Å²) >= 11 is 0. The summed E-state index contributed by atoms with van der Waals surface area (Å²) < 4.78 is 0. The van der Waals surface area contributed by atoms with Gasteiger partial charge in [-0.1, -0.05) is 66.2 Å². The van der Waals surface area contributed by atoms with Crippen molar-refractivity contribution in [1.82, 2.24) is 0 Å². The highest BCUT2D eigenvalue weighted by molar-refractivity contribution is 5.96. The van der Waals surface area contributed by atoms with Crippen molar-refractivity contribution >= 4 is 18.0 Å². The van der Waals surface area contributed by atoms with Gasteiger partial charge in [0.05, 0.1) is 0 Å². The maximum atomic E-state index is 11.5. The van der Waals surface area contributed by atoms with E-state index in [2.05, 4.69) is 0 Å². The maximum Gasteiger partial charge on any atom is 0.318 e. The number of rotatable bonds is 5. The molecule has 3 rings (SSSR count). The van der Waals surface area contributed by atoms with Gasteiger partial charge in [0.2, 0.25) is 0 Å². The molecule has 2 N–H and O–H groups in total. The molecule has 0 heterocycles. The molecule has 4 heteroatoms. The van der Waals surface area contributed by atoms with Crippen molar-refractivity contribution in [3.05, 3.63) is 76.9 Å². The van der Waals surface area contributed by atoms with E-state index < -0.39 is 23.8 Å². The Bertz CT molecular complexity index is 763. The molecule has 1 atom stereocenters. The molecule has 1 aliphatic carbocycles. The highest BCUT2D eigenvalue weighted by atomic mass is 16.4. The third-order valence-electron chi connectivity index (χ3n) is 4.19. The second-order valence-electron chi connectivity index (χ2n) is 5.64. The summed E-state index contributed by atoms with van der Waals surface area (Å²) in [5.41, 5.74) is 3.53. The summed E-state index contributed by atoms with van der Waals surface area (Å²) in [6.45, 7) is 0. The SMILES string of the molecule is O=C(O)C(C(=O)O)C1C(Cc2ccccc2)=Cc2ccccc21. The number of carboxylic acid groups (broad SMARTS) is 2. The van der Waals surface area contributed by atoms with Crippen molar-refractivity contribution in [2.24, 2.45) is 5.92 Å². The summed E-state index contributed by atoms with van der Waals surface area (Å²) in [5.74, 6) is -4.73. The molecule has 2 aromatic rings. The maximum absolute atomic E-state index is 11.5. The van der Waals surface area contributed by atoms with Crippen molar-refractivity contribution in [3.63, 3.8) is 0 Å². The summed E-state index contributed by atoms with van der Waals surface area (Å²) in [6.07, 6.45) is 2.46. The van der Waals surface area contributed by atoms with Gasteiger partial charge < -0.3 is 10.2 Å². The number of fused-ring (bicyclic) bond motifs is 1. The Labute approximate surface area is 133 Å². The van der Waals surface area contributed by atoms with E-state index in [-0.39, 0.29) is 0 Å². The van der Waals surface area contributed by atoms with Crippen molar-refractivity contribution < 1.29 is 19.8 Å². The predicted molar refractivity (Wildman–Crippen MR) is 86.1 cm³/mol.